The highest BCUT2D eigenvalue weighted by Crippen LogP contribution is 2.47. The second kappa shape index (κ2) is 6.93. The summed E-state index contributed by atoms with van der Waals surface area (Å²) in [4.78, 5) is 19.4. The number of nitrogens with zero attached hydrogens (tertiary/aromatic N) is 2. The molecule has 25 heavy (non-hydrogen) atoms. The fourth-order valence-electron chi connectivity index (χ4n) is 2.73. The van der Waals surface area contributed by atoms with Crippen molar-refractivity contribution in [2.45, 2.75) is 32.4 Å². The van der Waals surface area contributed by atoms with Crippen LogP contribution in [0, 0.1) is 11.2 Å². The first-order valence-corrected chi connectivity index (χ1v) is 7.90. The monoisotopic (exact) mass is 367 g/mol. The molecular formula is C17H19ClFN3O3. The standard InChI is InChI=1S/C17H19ClFN3O3/c1-16(2,3)17(25,10-5-4-6-11(19)9-10)13(22-15(23)24)14-20-8-7-12(18)21-14/h4-9,13,22,25H,1-3H3,(H,23,24)/t13-,17-/m1/s1. The van der Waals surface area contributed by atoms with Gasteiger partial charge in [0.15, 0.2) is 5.82 Å². The Kier molecular flexibility index (Phi) is 5.29. The molecule has 134 valence electrons. The summed E-state index contributed by atoms with van der Waals surface area (Å²) in [6.45, 7) is 5.12. The van der Waals surface area contributed by atoms with Crippen LogP contribution in [-0.4, -0.2) is 26.3 Å². The third kappa shape index (κ3) is 3.88. The Morgan fingerprint density at radius 1 is 1.32 bits per heavy atom. The average molecular weight is 368 g/mol. The molecule has 1 amide bonds. The molecule has 2 aromatic rings. The van der Waals surface area contributed by atoms with Crippen LogP contribution < -0.4 is 5.32 Å². The van der Waals surface area contributed by atoms with Crippen molar-refractivity contribution in [1.29, 1.82) is 0 Å². The van der Waals surface area contributed by atoms with Gasteiger partial charge in [-0.15, -0.1) is 0 Å². The first kappa shape index (κ1) is 19.1. The van der Waals surface area contributed by atoms with Crippen LogP contribution in [0.1, 0.15) is 38.2 Å². The van der Waals surface area contributed by atoms with E-state index in [1.54, 1.807) is 20.8 Å². The van der Waals surface area contributed by atoms with E-state index in [9.17, 15) is 19.4 Å². The maximum absolute atomic E-state index is 13.8. The first-order chi connectivity index (χ1) is 11.6. The van der Waals surface area contributed by atoms with Gasteiger partial charge in [-0.25, -0.2) is 19.2 Å². The average Bonchev–Trinajstić information content (AvgIpc) is 2.50. The molecule has 2 atom stereocenters. The van der Waals surface area contributed by atoms with Crippen molar-refractivity contribution in [3.63, 3.8) is 0 Å². The molecule has 0 spiro atoms. The van der Waals surface area contributed by atoms with Crippen molar-refractivity contribution in [3.05, 3.63) is 58.9 Å². The maximum atomic E-state index is 13.8. The number of aliphatic hydroxyl groups is 1. The highest BCUT2D eigenvalue weighted by atomic mass is 35.5. The van der Waals surface area contributed by atoms with Gasteiger partial charge in [0, 0.05) is 6.20 Å². The zero-order chi connectivity index (χ0) is 18.8. The number of carbonyl (C=O) groups is 1. The van der Waals surface area contributed by atoms with Crippen LogP contribution in [-0.2, 0) is 5.60 Å². The molecule has 0 saturated carbocycles. The van der Waals surface area contributed by atoms with Gasteiger partial charge in [-0.05, 0) is 29.2 Å². The lowest BCUT2D eigenvalue weighted by molar-refractivity contribution is -0.0963. The Morgan fingerprint density at radius 3 is 2.52 bits per heavy atom. The minimum Gasteiger partial charge on any atom is -0.465 e. The van der Waals surface area contributed by atoms with E-state index >= 15 is 0 Å². The predicted molar refractivity (Wildman–Crippen MR) is 90.7 cm³/mol. The Bertz CT molecular complexity index is 782. The van der Waals surface area contributed by atoms with Gasteiger partial charge >= 0.3 is 6.09 Å². The molecule has 1 aromatic heterocycles. The van der Waals surface area contributed by atoms with Gasteiger partial charge in [0.1, 0.15) is 22.6 Å². The van der Waals surface area contributed by atoms with Crippen LogP contribution in [0.2, 0.25) is 5.15 Å². The molecule has 2 rings (SSSR count). The SMILES string of the molecule is CC(C)(C)[C@@](O)(c1cccc(F)c1)[C@H](NC(=O)O)c1nccc(Cl)n1. The highest BCUT2D eigenvalue weighted by molar-refractivity contribution is 6.29. The van der Waals surface area contributed by atoms with Crippen molar-refractivity contribution < 1.29 is 19.4 Å². The lowest BCUT2D eigenvalue weighted by Crippen LogP contribution is -2.52. The number of hydrogen-bond acceptors (Lipinski definition) is 4. The zero-order valence-electron chi connectivity index (χ0n) is 14.0. The van der Waals surface area contributed by atoms with Crippen LogP contribution >= 0.6 is 11.6 Å². The number of benzene rings is 1. The molecule has 1 aromatic carbocycles. The number of amides is 1. The fraction of sp³-hybridized carbons (Fsp3) is 0.353. The number of hydrogen-bond donors (Lipinski definition) is 3. The van der Waals surface area contributed by atoms with E-state index in [0.717, 1.165) is 6.07 Å². The molecule has 1 heterocycles. The maximum Gasteiger partial charge on any atom is 0.405 e. The number of halogens is 2. The predicted octanol–water partition coefficient (Wildman–Crippen LogP) is 3.51. The number of carboxylic acid groups (broad SMARTS) is 1. The fourth-order valence-corrected chi connectivity index (χ4v) is 2.87. The van der Waals surface area contributed by atoms with E-state index in [4.69, 9.17) is 11.6 Å². The molecule has 0 fully saturated rings. The minimum absolute atomic E-state index is 0.0170. The summed E-state index contributed by atoms with van der Waals surface area (Å²) in [7, 11) is 0. The lowest BCUT2D eigenvalue weighted by Gasteiger charge is -2.45. The Hall–Kier alpha value is -2.25. The summed E-state index contributed by atoms with van der Waals surface area (Å²) in [6.07, 6.45) is -0.0248. The first-order valence-electron chi connectivity index (χ1n) is 7.52. The van der Waals surface area contributed by atoms with Crippen LogP contribution in [0.15, 0.2) is 36.5 Å². The normalized spacial score (nSPS) is 15.3. The van der Waals surface area contributed by atoms with Crippen LogP contribution in [0.3, 0.4) is 0 Å². The van der Waals surface area contributed by atoms with Crippen LogP contribution in [0.4, 0.5) is 9.18 Å². The van der Waals surface area contributed by atoms with E-state index in [1.165, 1.54) is 30.5 Å². The number of nitrogens with one attached hydrogen (secondary N) is 1. The Balaban J connectivity index is 2.72. The molecule has 0 aliphatic rings. The number of aromatic nitrogens is 2. The molecule has 0 aliphatic heterocycles. The summed E-state index contributed by atoms with van der Waals surface area (Å²) in [6, 6.07) is 5.52. The van der Waals surface area contributed by atoms with E-state index < -0.39 is 29.0 Å². The summed E-state index contributed by atoms with van der Waals surface area (Å²) in [5.74, 6) is -0.571. The van der Waals surface area contributed by atoms with Crippen LogP contribution in [0.25, 0.3) is 0 Å². The van der Waals surface area contributed by atoms with E-state index in [1.807, 2.05) is 0 Å². The molecule has 0 unspecified atom stereocenters. The minimum atomic E-state index is -1.85. The summed E-state index contributed by atoms with van der Waals surface area (Å²) in [5.41, 5.74) is -2.56. The molecule has 0 saturated heterocycles. The molecule has 0 bridgehead atoms. The molecular weight excluding hydrogens is 349 g/mol. The second-order valence-electron chi connectivity index (χ2n) is 6.65. The van der Waals surface area contributed by atoms with Gasteiger partial charge in [-0.3, -0.25) is 0 Å². The van der Waals surface area contributed by atoms with Crippen molar-refractivity contribution in [2.24, 2.45) is 5.41 Å². The van der Waals surface area contributed by atoms with Gasteiger partial charge in [-0.1, -0.05) is 44.5 Å². The second-order valence-corrected chi connectivity index (χ2v) is 7.03. The van der Waals surface area contributed by atoms with Gasteiger partial charge < -0.3 is 15.5 Å². The molecule has 8 heteroatoms. The Labute approximate surface area is 149 Å². The summed E-state index contributed by atoms with van der Waals surface area (Å²) < 4.78 is 13.8. The van der Waals surface area contributed by atoms with Crippen molar-refractivity contribution in [1.82, 2.24) is 15.3 Å². The van der Waals surface area contributed by atoms with E-state index in [-0.39, 0.29) is 16.5 Å². The largest absolute Gasteiger partial charge is 0.465 e. The highest BCUT2D eigenvalue weighted by Gasteiger charge is 2.51. The zero-order valence-corrected chi connectivity index (χ0v) is 14.8. The van der Waals surface area contributed by atoms with Crippen molar-refractivity contribution in [2.75, 3.05) is 0 Å². The Morgan fingerprint density at radius 2 is 2.00 bits per heavy atom. The quantitative estimate of drug-likeness (QED) is 0.719. The van der Waals surface area contributed by atoms with Gasteiger partial charge in [0.2, 0.25) is 0 Å². The third-order valence-corrected chi connectivity index (χ3v) is 4.20. The van der Waals surface area contributed by atoms with E-state index in [2.05, 4.69) is 15.3 Å². The lowest BCUT2D eigenvalue weighted by atomic mass is 9.67. The molecule has 6 nitrogen and oxygen atoms in total. The third-order valence-electron chi connectivity index (χ3n) is 3.99. The number of rotatable bonds is 4. The van der Waals surface area contributed by atoms with Crippen molar-refractivity contribution >= 4 is 17.7 Å². The molecule has 0 aliphatic carbocycles. The summed E-state index contributed by atoms with van der Waals surface area (Å²) >= 11 is 5.89. The molecule has 3 N–H and O–H groups in total. The van der Waals surface area contributed by atoms with Crippen LogP contribution in [0.5, 0.6) is 0 Å². The van der Waals surface area contributed by atoms with Gasteiger partial charge in [0.05, 0.1) is 0 Å². The smallest absolute Gasteiger partial charge is 0.405 e. The molecule has 0 radical (unpaired) electrons. The van der Waals surface area contributed by atoms with Crippen molar-refractivity contribution in [3.8, 4) is 0 Å². The van der Waals surface area contributed by atoms with E-state index in [0.29, 0.717) is 0 Å². The summed E-state index contributed by atoms with van der Waals surface area (Å²) in [5, 5.41) is 23.2. The van der Waals surface area contributed by atoms with Gasteiger partial charge in [0.25, 0.3) is 0 Å². The van der Waals surface area contributed by atoms with Gasteiger partial charge in [-0.2, -0.15) is 0 Å². The topological polar surface area (TPSA) is 95.3 Å².